The Bertz CT molecular complexity index is 580. The number of rotatable bonds is 5. The molecule has 0 aliphatic rings. The van der Waals surface area contributed by atoms with Crippen LogP contribution in [0.25, 0.3) is 0 Å². The van der Waals surface area contributed by atoms with Gasteiger partial charge in [-0.3, -0.25) is 0 Å². The van der Waals surface area contributed by atoms with Crippen LogP contribution in [0.1, 0.15) is 30.0 Å². The summed E-state index contributed by atoms with van der Waals surface area (Å²) in [6.07, 6.45) is -4.32. The van der Waals surface area contributed by atoms with Crippen molar-refractivity contribution in [2.24, 2.45) is 0 Å². The molecule has 2 N–H and O–H groups in total. The molecule has 0 fully saturated rings. The summed E-state index contributed by atoms with van der Waals surface area (Å²) >= 11 is 0. The van der Waals surface area contributed by atoms with E-state index in [1.165, 1.54) is 12.1 Å². The minimum atomic E-state index is -4.32. The lowest BCUT2D eigenvalue weighted by atomic mass is 10.1. The van der Waals surface area contributed by atoms with E-state index in [2.05, 4.69) is 20.8 Å². The van der Waals surface area contributed by atoms with E-state index in [1.807, 2.05) is 6.92 Å². The predicted molar refractivity (Wildman–Crippen MR) is 70.5 cm³/mol. The maximum absolute atomic E-state index is 12.4. The van der Waals surface area contributed by atoms with Gasteiger partial charge in [0.2, 0.25) is 5.89 Å². The topological polar surface area (TPSA) is 63.0 Å². The van der Waals surface area contributed by atoms with E-state index >= 15 is 0 Å². The molecular formula is C13H15F3N4O. The number of benzene rings is 1. The fourth-order valence-corrected chi connectivity index (χ4v) is 1.59. The smallest absolute Gasteiger partial charge is 0.406 e. The number of nitrogens with one attached hydrogen (secondary N) is 2. The summed E-state index contributed by atoms with van der Waals surface area (Å²) in [6, 6.07) is 5.05. The van der Waals surface area contributed by atoms with Crippen LogP contribution in [0.15, 0.2) is 28.7 Å². The molecule has 21 heavy (non-hydrogen) atoms. The van der Waals surface area contributed by atoms with Crippen molar-refractivity contribution >= 4 is 6.01 Å². The molecule has 1 heterocycles. The summed E-state index contributed by atoms with van der Waals surface area (Å²) in [4.78, 5) is 0. The Morgan fingerprint density at radius 2 is 1.86 bits per heavy atom. The Kier molecular flexibility index (Phi) is 4.46. The van der Waals surface area contributed by atoms with Crippen LogP contribution in [0.3, 0.4) is 0 Å². The van der Waals surface area contributed by atoms with Gasteiger partial charge in [-0.15, -0.1) is 5.10 Å². The molecule has 8 heteroatoms. The Balaban J connectivity index is 1.95. The summed E-state index contributed by atoms with van der Waals surface area (Å²) in [5.41, 5.74) is 0.0126. The molecule has 0 bridgehead atoms. The van der Waals surface area contributed by atoms with Crippen molar-refractivity contribution < 1.29 is 17.6 Å². The molecule has 0 radical (unpaired) electrons. The van der Waals surface area contributed by atoms with Crippen molar-refractivity contribution in [3.63, 3.8) is 0 Å². The predicted octanol–water partition coefficient (Wildman–Crippen LogP) is 2.98. The van der Waals surface area contributed by atoms with Crippen LogP contribution in [0.5, 0.6) is 0 Å². The number of hydrogen-bond acceptors (Lipinski definition) is 5. The van der Waals surface area contributed by atoms with Crippen molar-refractivity contribution in [2.75, 3.05) is 12.4 Å². The Morgan fingerprint density at radius 1 is 1.19 bits per heavy atom. The number of alkyl halides is 3. The van der Waals surface area contributed by atoms with Gasteiger partial charge in [-0.05, 0) is 31.7 Å². The second-order valence-corrected chi connectivity index (χ2v) is 4.50. The van der Waals surface area contributed by atoms with Crippen LogP contribution >= 0.6 is 0 Å². The summed E-state index contributed by atoms with van der Waals surface area (Å²) in [7, 11) is 1.77. The van der Waals surface area contributed by atoms with E-state index in [0.29, 0.717) is 18.0 Å². The number of hydrogen-bond donors (Lipinski definition) is 2. The monoisotopic (exact) mass is 300 g/mol. The molecule has 0 aliphatic heterocycles. The van der Waals surface area contributed by atoms with Crippen molar-refractivity contribution in [1.82, 2.24) is 15.5 Å². The largest absolute Gasteiger partial charge is 0.416 e. The molecular weight excluding hydrogens is 285 g/mol. The fourth-order valence-electron chi connectivity index (χ4n) is 1.59. The van der Waals surface area contributed by atoms with E-state index in [-0.39, 0.29) is 12.1 Å². The number of halogens is 3. The molecule has 1 atom stereocenters. The van der Waals surface area contributed by atoms with Gasteiger partial charge in [0.15, 0.2) is 0 Å². The van der Waals surface area contributed by atoms with E-state index in [1.54, 1.807) is 7.05 Å². The molecule has 1 aromatic heterocycles. The highest BCUT2D eigenvalue weighted by Crippen LogP contribution is 2.29. The van der Waals surface area contributed by atoms with E-state index in [0.717, 1.165) is 12.1 Å². The zero-order valence-electron chi connectivity index (χ0n) is 11.5. The molecule has 2 rings (SSSR count). The molecule has 5 nitrogen and oxygen atoms in total. The van der Waals surface area contributed by atoms with Gasteiger partial charge < -0.3 is 15.1 Å². The molecule has 0 saturated heterocycles. The van der Waals surface area contributed by atoms with Crippen molar-refractivity contribution in [3.8, 4) is 0 Å². The zero-order chi connectivity index (χ0) is 15.5. The standard InChI is InChI=1S/C13H15F3N4O/c1-8(17-2)11-19-20-12(21-11)18-7-9-3-5-10(6-4-9)13(14,15)16/h3-6,8,17H,7H2,1-2H3,(H,18,20). The third kappa shape index (κ3) is 3.94. The SMILES string of the molecule is CNC(C)c1nnc(NCc2ccc(C(F)(F)F)cc2)o1. The van der Waals surface area contributed by atoms with Crippen molar-refractivity contribution in [3.05, 3.63) is 41.3 Å². The molecule has 114 valence electrons. The van der Waals surface area contributed by atoms with Crippen LogP contribution in [0.4, 0.5) is 19.2 Å². The first-order valence-corrected chi connectivity index (χ1v) is 6.31. The normalized spacial score (nSPS) is 13.2. The quantitative estimate of drug-likeness (QED) is 0.889. The molecule has 2 aromatic rings. The Morgan fingerprint density at radius 3 is 2.43 bits per heavy atom. The third-order valence-electron chi connectivity index (χ3n) is 2.97. The van der Waals surface area contributed by atoms with Gasteiger partial charge in [0.1, 0.15) is 0 Å². The van der Waals surface area contributed by atoms with E-state index < -0.39 is 11.7 Å². The average molecular weight is 300 g/mol. The van der Waals surface area contributed by atoms with Gasteiger partial charge in [0.25, 0.3) is 0 Å². The summed E-state index contributed by atoms with van der Waals surface area (Å²) in [6.45, 7) is 2.17. The van der Waals surface area contributed by atoms with Gasteiger partial charge in [-0.25, -0.2) is 0 Å². The summed E-state index contributed by atoms with van der Waals surface area (Å²) < 4.78 is 42.6. The maximum Gasteiger partial charge on any atom is 0.416 e. The third-order valence-corrected chi connectivity index (χ3v) is 2.97. The molecule has 1 aromatic carbocycles. The van der Waals surface area contributed by atoms with Crippen molar-refractivity contribution in [2.45, 2.75) is 25.7 Å². The average Bonchev–Trinajstić information content (AvgIpc) is 2.92. The van der Waals surface area contributed by atoms with Crippen LogP contribution in [-0.2, 0) is 12.7 Å². The number of aromatic nitrogens is 2. The van der Waals surface area contributed by atoms with Crippen LogP contribution in [-0.4, -0.2) is 17.2 Å². The minimum Gasteiger partial charge on any atom is -0.406 e. The molecule has 0 amide bonds. The molecule has 0 aliphatic carbocycles. The van der Waals surface area contributed by atoms with Crippen molar-refractivity contribution in [1.29, 1.82) is 0 Å². The Labute approximate surface area is 119 Å². The van der Waals surface area contributed by atoms with E-state index in [9.17, 15) is 13.2 Å². The van der Waals surface area contributed by atoms with Gasteiger partial charge >= 0.3 is 12.2 Å². The summed E-state index contributed by atoms with van der Waals surface area (Å²) in [5.74, 6) is 0.437. The van der Waals surface area contributed by atoms with Crippen LogP contribution in [0, 0.1) is 0 Å². The minimum absolute atomic E-state index is 0.0703. The first-order valence-electron chi connectivity index (χ1n) is 6.31. The lowest BCUT2D eigenvalue weighted by Crippen LogP contribution is -2.12. The van der Waals surface area contributed by atoms with Gasteiger partial charge in [-0.1, -0.05) is 17.2 Å². The van der Waals surface area contributed by atoms with Crippen LogP contribution in [0.2, 0.25) is 0 Å². The summed E-state index contributed by atoms with van der Waals surface area (Å²) in [5, 5.41) is 13.5. The maximum atomic E-state index is 12.4. The molecule has 0 saturated carbocycles. The van der Waals surface area contributed by atoms with E-state index in [4.69, 9.17) is 4.42 Å². The first kappa shape index (κ1) is 15.3. The van der Waals surface area contributed by atoms with Gasteiger partial charge in [0, 0.05) is 6.54 Å². The molecule has 1 unspecified atom stereocenters. The lowest BCUT2D eigenvalue weighted by Gasteiger charge is -2.07. The van der Waals surface area contributed by atoms with Gasteiger partial charge in [-0.2, -0.15) is 13.2 Å². The second-order valence-electron chi connectivity index (χ2n) is 4.50. The highest BCUT2D eigenvalue weighted by atomic mass is 19.4. The highest BCUT2D eigenvalue weighted by molar-refractivity contribution is 5.28. The van der Waals surface area contributed by atoms with Gasteiger partial charge in [0.05, 0.1) is 11.6 Å². The second kappa shape index (κ2) is 6.13. The molecule has 0 spiro atoms. The highest BCUT2D eigenvalue weighted by Gasteiger charge is 2.29. The lowest BCUT2D eigenvalue weighted by molar-refractivity contribution is -0.137. The first-order chi connectivity index (χ1) is 9.90. The fraction of sp³-hybridized carbons (Fsp3) is 0.385. The Hall–Kier alpha value is -2.09. The number of anilines is 1. The van der Waals surface area contributed by atoms with Crippen LogP contribution < -0.4 is 10.6 Å². The number of nitrogens with zero attached hydrogens (tertiary/aromatic N) is 2. The zero-order valence-corrected chi connectivity index (χ0v) is 11.5.